The lowest BCUT2D eigenvalue weighted by Crippen LogP contribution is -2.12. The number of carbonyl (C=O) groups is 1. The van der Waals surface area contributed by atoms with Crippen LogP contribution in [-0.2, 0) is 0 Å². The monoisotopic (exact) mass is 279 g/mol. The molecule has 0 atom stereocenters. The molecule has 1 heterocycles. The highest BCUT2D eigenvalue weighted by molar-refractivity contribution is 6.07. The molecule has 0 fully saturated rings. The van der Waals surface area contributed by atoms with Gasteiger partial charge in [0.05, 0.1) is 5.52 Å². The van der Waals surface area contributed by atoms with Gasteiger partial charge in [-0.25, -0.2) is 0 Å². The highest BCUT2D eigenvalue weighted by atomic mass is 16.1. The van der Waals surface area contributed by atoms with E-state index in [0.29, 0.717) is 17.3 Å². The second kappa shape index (κ2) is 5.40. The Labute approximate surface area is 123 Å². The van der Waals surface area contributed by atoms with Crippen LogP contribution in [0.2, 0.25) is 0 Å². The molecule has 1 aromatic heterocycles. The molecule has 106 valence electrons. The van der Waals surface area contributed by atoms with Gasteiger partial charge in [0.25, 0.3) is 5.91 Å². The number of aromatic amines is 1. The second-order valence-electron chi connectivity index (χ2n) is 5.35. The Balaban J connectivity index is 1.83. The van der Waals surface area contributed by atoms with Gasteiger partial charge in [-0.15, -0.1) is 0 Å². The van der Waals surface area contributed by atoms with E-state index in [2.05, 4.69) is 29.4 Å². The van der Waals surface area contributed by atoms with E-state index in [4.69, 9.17) is 0 Å². The van der Waals surface area contributed by atoms with Crippen LogP contribution in [0.5, 0.6) is 0 Å². The van der Waals surface area contributed by atoms with E-state index in [1.807, 2.05) is 48.5 Å². The highest BCUT2D eigenvalue weighted by Gasteiger charge is 2.11. The fourth-order valence-electron chi connectivity index (χ4n) is 2.26. The van der Waals surface area contributed by atoms with Crippen LogP contribution < -0.4 is 5.32 Å². The van der Waals surface area contributed by atoms with Crippen molar-refractivity contribution in [1.29, 1.82) is 0 Å². The molecule has 0 aliphatic heterocycles. The minimum atomic E-state index is -0.150. The number of nitrogens with one attached hydrogen (secondary N) is 2. The summed E-state index contributed by atoms with van der Waals surface area (Å²) in [7, 11) is 0. The van der Waals surface area contributed by atoms with Crippen LogP contribution in [0.4, 0.5) is 5.82 Å². The smallest absolute Gasteiger partial charge is 0.256 e. The Morgan fingerprint density at radius 1 is 1.10 bits per heavy atom. The summed E-state index contributed by atoms with van der Waals surface area (Å²) in [6.45, 7) is 4.26. The molecule has 0 aliphatic rings. The van der Waals surface area contributed by atoms with Crippen molar-refractivity contribution in [3.63, 3.8) is 0 Å². The van der Waals surface area contributed by atoms with Crippen LogP contribution in [0.3, 0.4) is 0 Å². The lowest BCUT2D eigenvalue weighted by Gasteiger charge is -2.07. The quantitative estimate of drug-likeness (QED) is 0.763. The van der Waals surface area contributed by atoms with Crippen LogP contribution in [0.15, 0.2) is 48.5 Å². The number of rotatable bonds is 3. The average molecular weight is 279 g/mol. The summed E-state index contributed by atoms with van der Waals surface area (Å²) in [5, 5.41) is 10.8. The number of aromatic nitrogens is 2. The molecule has 21 heavy (non-hydrogen) atoms. The summed E-state index contributed by atoms with van der Waals surface area (Å²) in [5.41, 5.74) is 2.76. The molecule has 3 rings (SSSR count). The molecule has 3 aromatic rings. The molecule has 2 N–H and O–H groups in total. The Kier molecular flexibility index (Phi) is 3.44. The first-order valence-corrected chi connectivity index (χ1v) is 6.99. The fourth-order valence-corrected chi connectivity index (χ4v) is 2.26. The molecule has 1 amide bonds. The number of anilines is 1. The summed E-state index contributed by atoms with van der Waals surface area (Å²) in [5.74, 6) is 0.864. The number of nitrogens with zero attached hydrogens (tertiary/aromatic N) is 1. The maximum absolute atomic E-state index is 12.3. The minimum Gasteiger partial charge on any atom is -0.305 e. The maximum Gasteiger partial charge on any atom is 0.256 e. The molecule has 0 saturated heterocycles. The van der Waals surface area contributed by atoms with Crippen molar-refractivity contribution in [3.05, 3.63) is 59.7 Å². The largest absolute Gasteiger partial charge is 0.305 e. The third kappa shape index (κ3) is 2.65. The molecule has 0 aliphatic carbocycles. The van der Waals surface area contributed by atoms with Crippen LogP contribution in [0.1, 0.15) is 35.7 Å². The number of hydrogen-bond acceptors (Lipinski definition) is 2. The van der Waals surface area contributed by atoms with Crippen molar-refractivity contribution < 1.29 is 4.79 Å². The first kappa shape index (κ1) is 13.4. The summed E-state index contributed by atoms with van der Waals surface area (Å²) in [6, 6.07) is 15.4. The standard InChI is InChI=1S/C17H17N3O/c1-11(2)12-7-9-13(10-8-12)17(21)18-16-14-5-3-4-6-15(14)19-20-16/h3-11H,1-2H3,(H2,18,19,20,21). The second-order valence-corrected chi connectivity index (χ2v) is 5.35. The van der Waals surface area contributed by atoms with Crippen LogP contribution in [0, 0.1) is 0 Å². The summed E-state index contributed by atoms with van der Waals surface area (Å²) < 4.78 is 0. The molecule has 4 nitrogen and oxygen atoms in total. The first-order valence-electron chi connectivity index (χ1n) is 6.99. The van der Waals surface area contributed by atoms with Crippen molar-refractivity contribution >= 4 is 22.6 Å². The zero-order valence-corrected chi connectivity index (χ0v) is 12.1. The third-order valence-corrected chi connectivity index (χ3v) is 3.54. The van der Waals surface area contributed by atoms with Gasteiger partial charge in [0.2, 0.25) is 0 Å². The molecular weight excluding hydrogens is 262 g/mol. The van der Waals surface area contributed by atoms with E-state index in [1.54, 1.807) is 0 Å². The summed E-state index contributed by atoms with van der Waals surface area (Å²) >= 11 is 0. The Morgan fingerprint density at radius 3 is 2.52 bits per heavy atom. The van der Waals surface area contributed by atoms with Gasteiger partial charge < -0.3 is 5.32 Å². The van der Waals surface area contributed by atoms with Gasteiger partial charge in [0.15, 0.2) is 5.82 Å². The summed E-state index contributed by atoms with van der Waals surface area (Å²) in [4.78, 5) is 12.3. The lowest BCUT2D eigenvalue weighted by molar-refractivity contribution is 0.102. The van der Waals surface area contributed by atoms with Crippen molar-refractivity contribution in [2.45, 2.75) is 19.8 Å². The Morgan fingerprint density at radius 2 is 1.81 bits per heavy atom. The van der Waals surface area contributed by atoms with Crippen LogP contribution in [-0.4, -0.2) is 16.1 Å². The highest BCUT2D eigenvalue weighted by Crippen LogP contribution is 2.20. The van der Waals surface area contributed by atoms with Gasteiger partial charge in [-0.2, -0.15) is 5.10 Å². The van der Waals surface area contributed by atoms with Crippen molar-refractivity contribution in [2.75, 3.05) is 5.32 Å². The maximum atomic E-state index is 12.3. The molecule has 0 spiro atoms. The number of benzene rings is 2. The van der Waals surface area contributed by atoms with E-state index < -0.39 is 0 Å². The minimum absolute atomic E-state index is 0.150. The molecular formula is C17H17N3O. The van der Waals surface area contributed by atoms with Crippen LogP contribution >= 0.6 is 0 Å². The predicted octanol–water partition coefficient (Wildman–Crippen LogP) is 3.94. The predicted molar refractivity (Wildman–Crippen MR) is 84.6 cm³/mol. The number of hydrogen-bond donors (Lipinski definition) is 2. The number of fused-ring (bicyclic) bond motifs is 1. The zero-order valence-electron chi connectivity index (χ0n) is 12.1. The Hall–Kier alpha value is -2.62. The van der Waals surface area contributed by atoms with Crippen molar-refractivity contribution in [2.24, 2.45) is 0 Å². The molecule has 0 unspecified atom stereocenters. The van der Waals surface area contributed by atoms with E-state index in [-0.39, 0.29) is 5.91 Å². The molecule has 0 bridgehead atoms. The van der Waals surface area contributed by atoms with Crippen molar-refractivity contribution in [1.82, 2.24) is 10.2 Å². The first-order chi connectivity index (χ1) is 10.1. The zero-order chi connectivity index (χ0) is 14.8. The van der Waals surface area contributed by atoms with E-state index in [9.17, 15) is 4.79 Å². The van der Waals surface area contributed by atoms with Gasteiger partial charge in [0, 0.05) is 10.9 Å². The topological polar surface area (TPSA) is 57.8 Å². The lowest BCUT2D eigenvalue weighted by atomic mass is 10.0. The van der Waals surface area contributed by atoms with Gasteiger partial charge in [-0.1, -0.05) is 38.1 Å². The molecule has 2 aromatic carbocycles. The van der Waals surface area contributed by atoms with Gasteiger partial charge in [-0.05, 0) is 35.7 Å². The normalized spacial score (nSPS) is 11.0. The number of amides is 1. The number of carbonyl (C=O) groups excluding carboxylic acids is 1. The van der Waals surface area contributed by atoms with E-state index in [0.717, 1.165) is 10.9 Å². The van der Waals surface area contributed by atoms with Gasteiger partial charge >= 0.3 is 0 Å². The molecule has 4 heteroatoms. The molecule has 0 radical (unpaired) electrons. The SMILES string of the molecule is CC(C)c1ccc(C(=O)Nc2n[nH]c3ccccc23)cc1. The molecule has 0 saturated carbocycles. The van der Waals surface area contributed by atoms with Gasteiger partial charge in [0.1, 0.15) is 0 Å². The van der Waals surface area contributed by atoms with Crippen LogP contribution in [0.25, 0.3) is 10.9 Å². The van der Waals surface area contributed by atoms with Crippen molar-refractivity contribution in [3.8, 4) is 0 Å². The average Bonchev–Trinajstić information content (AvgIpc) is 2.91. The van der Waals surface area contributed by atoms with Gasteiger partial charge in [-0.3, -0.25) is 9.89 Å². The number of H-pyrrole nitrogens is 1. The Bertz CT molecular complexity index is 772. The number of para-hydroxylation sites is 1. The third-order valence-electron chi connectivity index (χ3n) is 3.54. The van der Waals surface area contributed by atoms with E-state index in [1.165, 1.54) is 5.56 Å². The van der Waals surface area contributed by atoms with E-state index >= 15 is 0 Å². The summed E-state index contributed by atoms with van der Waals surface area (Å²) in [6.07, 6.45) is 0. The fraction of sp³-hybridized carbons (Fsp3) is 0.176.